The van der Waals surface area contributed by atoms with Gasteiger partial charge in [0.05, 0.1) is 0 Å². The number of hydrogen-bond acceptors (Lipinski definition) is 2. The molecule has 0 saturated heterocycles. The zero-order chi connectivity index (χ0) is 16.2. The summed E-state index contributed by atoms with van der Waals surface area (Å²) < 4.78 is 0. The quantitative estimate of drug-likeness (QED) is 0.692. The van der Waals surface area contributed by atoms with Crippen molar-refractivity contribution in [1.82, 2.24) is 0 Å². The van der Waals surface area contributed by atoms with E-state index < -0.39 is 0 Å². The van der Waals surface area contributed by atoms with Crippen LogP contribution in [0, 0.1) is 6.92 Å². The van der Waals surface area contributed by atoms with Gasteiger partial charge >= 0.3 is 0 Å². The molecule has 0 atom stereocenters. The van der Waals surface area contributed by atoms with Crippen LogP contribution in [-0.2, 0) is 12.8 Å². The molecule has 0 unspecified atom stereocenters. The molecule has 2 heteroatoms. The number of aromatic hydroxyl groups is 2. The minimum atomic E-state index is -0.0705. The Kier molecular flexibility index (Phi) is 4.33. The van der Waals surface area contributed by atoms with Crippen molar-refractivity contribution in [2.45, 2.75) is 19.8 Å². The van der Waals surface area contributed by atoms with Gasteiger partial charge in [-0.1, -0.05) is 60.7 Å². The summed E-state index contributed by atoms with van der Waals surface area (Å²) in [7, 11) is 0. The van der Waals surface area contributed by atoms with E-state index in [1.807, 2.05) is 18.2 Å². The van der Waals surface area contributed by atoms with Gasteiger partial charge in [-0.05, 0) is 41.7 Å². The SMILES string of the molecule is Cc1ccccc1Cc1ccccc1Cc1cccc(O)c1O. The Balaban J connectivity index is 1.92. The Bertz CT molecular complexity index is 822. The van der Waals surface area contributed by atoms with Crippen LogP contribution in [0.4, 0.5) is 0 Å². The van der Waals surface area contributed by atoms with E-state index in [4.69, 9.17) is 0 Å². The van der Waals surface area contributed by atoms with Gasteiger partial charge in [-0.15, -0.1) is 0 Å². The number of aryl methyl sites for hydroxylation is 1. The molecule has 116 valence electrons. The topological polar surface area (TPSA) is 40.5 Å². The van der Waals surface area contributed by atoms with Gasteiger partial charge in [-0.25, -0.2) is 0 Å². The smallest absolute Gasteiger partial charge is 0.161 e. The molecule has 3 aromatic rings. The Morgan fingerprint density at radius 1 is 0.609 bits per heavy atom. The van der Waals surface area contributed by atoms with Crippen LogP contribution in [-0.4, -0.2) is 10.2 Å². The number of benzene rings is 3. The van der Waals surface area contributed by atoms with Crippen molar-refractivity contribution in [3.63, 3.8) is 0 Å². The van der Waals surface area contributed by atoms with Gasteiger partial charge in [0.15, 0.2) is 11.5 Å². The number of hydrogen-bond donors (Lipinski definition) is 2. The summed E-state index contributed by atoms with van der Waals surface area (Å²) >= 11 is 0. The highest BCUT2D eigenvalue weighted by Gasteiger charge is 2.10. The normalized spacial score (nSPS) is 10.7. The van der Waals surface area contributed by atoms with Crippen molar-refractivity contribution < 1.29 is 10.2 Å². The first-order valence-electron chi connectivity index (χ1n) is 7.76. The summed E-state index contributed by atoms with van der Waals surface area (Å²) in [6.45, 7) is 2.12. The molecule has 0 bridgehead atoms. The van der Waals surface area contributed by atoms with Crippen molar-refractivity contribution in [3.8, 4) is 11.5 Å². The first-order chi connectivity index (χ1) is 11.1. The minimum Gasteiger partial charge on any atom is -0.504 e. The molecule has 23 heavy (non-hydrogen) atoms. The molecule has 0 saturated carbocycles. The van der Waals surface area contributed by atoms with Gasteiger partial charge in [-0.2, -0.15) is 0 Å². The highest BCUT2D eigenvalue weighted by molar-refractivity contribution is 5.47. The van der Waals surface area contributed by atoms with E-state index in [0.717, 1.165) is 17.5 Å². The van der Waals surface area contributed by atoms with E-state index in [1.54, 1.807) is 6.07 Å². The van der Waals surface area contributed by atoms with Crippen molar-refractivity contribution in [1.29, 1.82) is 0 Å². The van der Waals surface area contributed by atoms with Crippen molar-refractivity contribution in [2.75, 3.05) is 0 Å². The van der Waals surface area contributed by atoms with Crippen LogP contribution in [0.5, 0.6) is 11.5 Å². The molecule has 2 nitrogen and oxygen atoms in total. The fourth-order valence-corrected chi connectivity index (χ4v) is 2.84. The van der Waals surface area contributed by atoms with Crippen LogP contribution in [0.2, 0.25) is 0 Å². The highest BCUT2D eigenvalue weighted by Crippen LogP contribution is 2.31. The van der Waals surface area contributed by atoms with Crippen molar-refractivity contribution in [2.24, 2.45) is 0 Å². The maximum absolute atomic E-state index is 10.0. The van der Waals surface area contributed by atoms with Crippen LogP contribution in [0.1, 0.15) is 27.8 Å². The lowest BCUT2D eigenvalue weighted by Gasteiger charge is -2.12. The van der Waals surface area contributed by atoms with E-state index in [2.05, 4.69) is 43.3 Å². The summed E-state index contributed by atoms with van der Waals surface area (Å²) in [4.78, 5) is 0. The van der Waals surface area contributed by atoms with Crippen molar-refractivity contribution in [3.05, 3.63) is 94.5 Å². The second kappa shape index (κ2) is 6.57. The van der Waals surface area contributed by atoms with E-state index in [1.165, 1.54) is 22.8 Å². The predicted octanol–water partition coefficient (Wildman–Crippen LogP) is 4.59. The van der Waals surface area contributed by atoms with Gasteiger partial charge in [0.2, 0.25) is 0 Å². The molecule has 3 aromatic carbocycles. The Hall–Kier alpha value is -2.74. The highest BCUT2D eigenvalue weighted by atomic mass is 16.3. The Morgan fingerprint density at radius 3 is 1.78 bits per heavy atom. The lowest BCUT2D eigenvalue weighted by Crippen LogP contribution is -1.98. The lowest BCUT2D eigenvalue weighted by molar-refractivity contribution is 0.400. The van der Waals surface area contributed by atoms with Gasteiger partial charge in [-0.3, -0.25) is 0 Å². The van der Waals surface area contributed by atoms with E-state index in [9.17, 15) is 10.2 Å². The van der Waals surface area contributed by atoms with Crippen LogP contribution < -0.4 is 0 Å². The predicted molar refractivity (Wildman–Crippen MR) is 93.0 cm³/mol. The average Bonchev–Trinajstić information content (AvgIpc) is 2.56. The lowest BCUT2D eigenvalue weighted by atomic mass is 9.93. The van der Waals surface area contributed by atoms with Gasteiger partial charge in [0, 0.05) is 12.0 Å². The second-order valence-electron chi connectivity index (χ2n) is 5.83. The fraction of sp³-hybridized carbons (Fsp3) is 0.143. The van der Waals surface area contributed by atoms with E-state index >= 15 is 0 Å². The Labute approximate surface area is 136 Å². The minimum absolute atomic E-state index is 0.0294. The standard InChI is InChI=1S/C21H20O2/c1-15-7-2-3-8-16(15)13-17-9-4-5-10-18(17)14-19-11-6-12-20(22)21(19)23/h2-12,22-23H,13-14H2,1H3. The molecule has 0 aliphatic heterocycles. The molecule has 0 aliphatic rings. The molecule has 0 heterocycles. The third-order valence-electron chi connectivity index (χ3n) is 4.24. The molecule has 0 amide bonds. The molecule has 0 spiro atoms. The van der Waals surface area contributed by atoms with Crippen LogP contribution >= 0.6 is 0 Å². The second-order valence-corrected chi connectivity index (χ2v) is 5.83. The van der Waals surface area contributed by atoms with Gasteiger partial charge < -0.3 is 10.2 Å². The number of phenols is 2. The van der Waals surface area contributed by atoms with Crippen molar-refractivity contribution >= 4 is 0 Å². The molecule has 0 radical (unpaired) electrons. The zero-order valence-electron chi connectivity index (χ0n) is 13.2. The largest absolute Gasteiger partial charge is 0.504 e. The monoisotopic (exact) mass is 304 g/mol. The van der Waals surface area contributed by atoms with E-state index in [0.29, 0.717) is 6.42 Å². The maximum Gasteiger partial charge on any atom is 0.161 e. The van der Waals surface area contributed by atoms with Gasteiger partial charge in [0.25, 0.3) is 0 Å². The summed E-state index contributed by atoms with van der Waals surface area (Å²) in [6, 6.07) is 21.7. The average molecular weight is 304 g/mol. The summed E-state index contributed by atoms with van der Waals surface area (Å²) in [5.74, 6) is -0.0999. The molecule has 0 fully saturated rings. The molecule has 2 N–H and O–H groups in total. The fourth-order valence-electron chi connectivity index (χ4n) is 2.84. The van der Waals surface area contributed by atoms with Crippen LogP contribution in [0.3, 0.4) is 0 Å². The first kappa shape index (κ1) is 15.2. The van der Waals surface area contributed by atoms with Crippen LogP contribution in [0.25, 0.3) is 0 Å². The number of para-hydroxylation sites is 1. The molecule has 0 aliphatic carbocycles. The first-order valence-corrected chi connectivity index (χ1v) is 7.76. The number of rotatable bonds is 4. The zero-order valence-corrected chi connectivity index (χ0v) is 13.2. The number of phenolic OH excluding ortho intramolecular Hbond substituents is 2. The summed E-state index contributed by atoms with van der Waals surface area (Å²) in [6.07, 6.45) is 1.46. The summed E-state index contributed by atoms with van der Waals surface area (Å²) in [5, 5.41) is 19.7. The van der Waals surface area contributed by atoms with Crippen LogP contribution in [0.15, 0.2) is 66.7 Å². The Morgan fingerprint density at radius 2 is 1.13 bits per heavy atom. The van der Waals surface area contributed by atoms with E-state index in [-0.39, 0.29) is 11.5 Å². The molecular weight excluding hydrogens is 284 g/mol. The molecule has 0 aromatic heterocycles. The molecule has 3 rings (SSSR count). The van der Waals surface area contributed by atoms with Gasteiger partial charge in [0.1, 0.15) is 0 Å². The third kappa shape index (κ3) is 3.37. The maximum atomic E-state index is 10.0. The summed E-state index contributed by atoms with van der Waals surface area (Å²) in [5.41, 5.74) is 5.73. The molecular formula is C21H20O2. The third-order valence-corrected chi connectivity index (χ3v) is 4.24.